The van der Waals surface area contributed by atoms with Gasteiger partial charge in [0.25, 0.3) is 16.7 Å². The lowest BCUT2D eigenvalue weighted by Crippen LogP contribution is -2.41. The molecule has 36 heteroatoms. The second kappa shape index (κ2) is 29.1. The highest BCUT2D eigenvalue weighted by Crippen LogP contribution is 2.37. The van der Waals surface area contributed by atoms with E-state index in [1.54, 1.807) is 68.2 Å². The molecule has 0 amide bonds. The monoisotopic (exact) mass is 1450 g/mol. The first-order valence-electron chi connectivity index (χ1n) is 26.5. The number of nitrogens with zero attached hydrogens (tertiary/aromatic N) is 9. The summed E-state index contributed by atoms with van der Waals surface area (Å²) in [5, 5.41) is 25.5. The summed E-state index contributed by atoms with van der Waals surface area (Å²) in [7, 11) is 1.64. The number of aromatic nitrogens is 10. The molecule has 3 aromatic carbocycles. The van der Waals surface area contributed by atoms with E-state index in [0.717, 1.165) is 58.5 Å². The quantitative estimate of drug-likeness (QED) is 0.0941. The fourth-order valence-electron chi connectivity index (χ4n) is 8.35. The molecule has 9 heterocycles. The fourth-order valence-corrected chi connectivity index (χ4v) is 9.21. The first-order valence-corrected chi connectivity index (χ1v) is 28.1. The van der Waals surface area contributed by atoms with Gasteiger partial charge in [-0.1, -0.05) is 27.0 Å². The second-order valence-electron chi connectivity index (χ2n) is 20.6. The summed E-state index contributed by atoms with van der Waals surface area (Å²) in [5.41, 5.74) is 3.06. The van der Waals surface area contributed by atoms with Crippen molar-refractivity contribution in [3.63, 3.8) is 0 Å². The summed E-state index contributed by atoms with van der Waals surface area (Å²) >= 11 is 6.54. The molecule has 0 unspecified atom stereocenters. The molecule has 0 aliphatic carbocycles. The zero-order chi connectivity index (χ0) is 67.6. The van der Waals surface area contributed by atoms with Crippen molar-refractivity contribution in [3.05, 3.63) is 174 Å². The maximum Gasteiger partial charge on any atom is 0.573 e. The molecule has 0 bridgehead atoms. The maximum absolute atomic E-state index is 12.8. The number of hydrogen-bond acceptors (Lipinski definition) is 18. The number of H-pyrrole nitrogens is 1. The van der Waals surface area contributed by atoms with Crippen molar-refractivity contribution in [2.24, 2.45) is 14.1 Å². The Morgan fingerprint density at radius 1 is 0.553 bits per heavy atom. The van der Waals surface area contributed by atoms with E-state index < -0.39 is 43.1 Å². The average molecular weight is 1450 g/mol. The highest BCUT2D eigenvalue weighted by Gasteiger charge is 2.52. The Morgan fingerprint density at radius 2 is 0.947 bits per heavy atom. The number of pyridine rings is 3. The van der Waals surface area contributed by atoms with Crippen LogP contribution in [0, 0.1) is 20.8 Å². The van der Waals surface area contributed by atoms with Gasteiger partial charge in [-0.25, -0.2) is 15.0 Å². The molecule has 500 valence electrons. The van der Waals surface area contributed by atoms with Gasteiger partial charge in [0.05, 0.1) is 26.3 Å². The lowest BCUT2D eigenvalue weighted by molar-refractivity contribution is -0.275. The van der Waals surface area contributed by atoms with Crippen molar-refractivity contribution >= 4 is 90.3 Å². The Morgan fingerprint density at radius 3 is 1.35 bits per heavy atom. The normalized spacial score (nSPS) is 13.2. The van der Waals surface area contributed by atoms with Crippen LogP contribution < -0.4 is 41.8 Å². The van der Waals surface area contributed by atoms with Crippen LogP contribution in [0.3, 0.4) is 0 Å². The maximum atomic E-state index is 12.8. The third-order valence-electron chi connectivity index (χ3n) is 13.1. The number of nitrogens with one attached hydrogen (secondary N) is 1. The van der Waals surface area contributed by atoms with Crippen molar-refractivity contribution in [3.8, 4) is 39.8 Å². The Balaban J connectivity index is 0.000000192. The molecular formula is C58H57B2Br2F9N10O13. The third kappa shape index (κ3) is 18.5. The Labute approximate surface area is 544 Å². The minimum absolute atomic E-state index is 0. The molecule has 0 saturated carbocycles. The van der Waals surface area contributed by atoms with Gasteiger partial charge in [-0.2, -0.15) is 10.2 Å². The summed E-state index contributed by atoms with van der Waals surface area (Å²) < 4.78 is 155. The highest BCUT2D eigenvalue weighted by atomic mass is 79.9. The number of hydrogen-bond donors (Lipinski definition) is 3. The van der Waals surface area contributed by atoms with E-state index in [4.69, 9.17) is 32.6 Å². The van der Waals surface area contributed by atoms with E-state index in [9.17, 15) is 53.9 Å². The van der Waals surface area contributed by atoms with Crippen molar-refractivity contribution in [2.75, 3.05) is 0 Å². The van der Waals surface area contributed by atoms with Crippen LogP contribution in [0.2, 0.25) is 0 Å². The van der Waals surface area contributed by atoms with Crippen LogP contribution in [0.1, 0.15) is 60.2 Å². The summed E-state index contributed by atoms with van der Waals surface area (Å²) in [6.07, 6.45) is -2.63. The Bertz CT molecular complexity index is 4570. The van der Waals surface area contributed by atoms with E-state index in [1.807, 2.05) is 40.9 Å². The van der Waals surface area contributed by atoms with Gasteiger partial charge < -0.3 is 51.8 Å². The number of ether oxygens (including phenoxy) is 3. The number of oxazole rings is 3. The zero-order valence-corrected chi connectivity index (χ0v) is 52.4. The van der Waals surface area contributed by atoms with E-state index in [1.165, 1.54) is 39.6 Å². The Kier molecular flexibility index (Phi) is 23.0. The van der Waals surface area contributed by atoms with Crippen LogP contribution in [0.4, 0.5) is 39.5 Å². The molecule has 1 saturated heterocycles. The van der Waals surface area contributed by atoms with Gasteiger partial charge in [-0.05, 0) is 126 Å². The van der Waals surface area contributed by atoms with Crippen LogP contribution in [-0.4, -0.2) is 103 Å². The van der Waals surface area contributed by atoms with Gasteiger partial charge in [-0.3, -0.25) is 32.9 Å². The van der Waals surface area contributed by atoms with Crippen molar-refractivity contribution in [1.29, 1.82) is 0 Å². The molecule has 0 radical (unpaired) electrons. The number of halogens is 11. The molecule has 1 aliphatic rings. The van der Waals surface area contributed by atoms with Gasteiger partial charge in [0.15, 0.2) is 17.7 Å². The van der Waals surface area contributed by atoms with Crippen LogP contribution in [0.5, 0.6) is 17.2 Å². The standard InChI is InChI=1S/C18H13F3N4O3.C14H8BrF3N2O3.C10H17BN2O2.C7H6BF3O3.C7H5BrN2O2.2CH4/c1-10-23-15-14(11-7-22-24(2)8-11)9-25(17(26)16(15)27-10)12-3-5-13(6-4-12)28-18(19,20)21;1-7-19-11-10(15)6-20(13(21)12(11)22-7)8-2-4-9(5-3-8)23-14(16,17)18;1-9(2)10(3,4)15-11(14-9)8-6-12-13(5)7-8;9-7(10,11)14-6-3-1-5(2-4-6)8(12)13;1-3-10-5-4(8)2-9-7(11)6(5)12-3;;/h3-9H,1-2H3;2-6H,1H3;6-7H,1-5H3;1-4,12-13H;2H,1H3,(H,9,11);2*1H4. The van der Waals surface area contributed by atoms with E-state index in [0.29, 0.717) is 61.2 Å². The minimum atomic E-state index is -4.79. The number of alkyl halides is 9. The van der Waals surface area contributed by atoms with E-state index >= 15 is 0 Å². The van der Waals surface area contributed by atoms with Crippen LogP contribution in [0.25, 0.3) is 55.8 Å². The second-order valence-corrected chi connectivity index (χ2v) is 22.3. The molecule has 94 heavy (non-hydrogen) atoms. The molecule has 0 spiro atoms. The lowest BCUT2D eigenvalue weighted by atomic mass is 9.80. The van der Waals surface area contributed by atoms with Crippen molar-refractivity contribution in [2.45, 2.75) is 93.6 Å². The summed E-state index contributed by atoms with van der Waals surface area (Å²) in [5.74, 6) is -0.00369. The number of aromatic amines is 1. The van der Waals surface area contributed by atoms with Gasteiger partial charge in [-0.15, -0.1) is 39.5 Å². The SMILES string of the molecule is C.C.Cc1nc2c(-c3cnn(C)c3)cn(-c3ccc(OC(F)(F)F)cc3)c(=O)c2o1.Cc1nc2c(Br)c[nH]c(=O)c2o1.Cc1nc2c(Br)cn(-c3ccc(OC(F)(F)F)cc3)c(=O)c2o1.Cn1cc(B2OC(C)(C)C(C)(C)O2)cn1.OB(O)c1ccc(OC(F)(F)F)cc1. The average Bonchev–Trinajstić information content (AvgIpc) is 1.55. The number of rotatable bonds is 8. The van der Waals surface area contributed by atoms with Gasteiger partial charge in [0.2, 0.25) is 16.7 Å². The third-order valence-corrected chi connectivity index (χ3v) is 14.3. The molecular weight excluding hydrogens is 1400 g/mol. The summed E-state index contributed by atoms with van der Waals surface area (Å²) in [6, 6.07) is 14.2. The molecule has 23 nitrogen and oxygen atoms in total. The molecule has 8 aromatic heterocycles. The number of fused-ring (bicyclic) bond motifs is 3. The smallest absolute Gasteiger partial charge is 0.435 e. The molecule has 12 rings (SSSR count). The van der Waals surface area contributed by atoms with Gasteiger partial charge in [0, 0.05) is 100 Å². The molecule has 11 aromatic rings. The molecule has 1 fully saturated rings. The van der Waals surface area contributed by atoms with E-state index in [2.05, 4.69) is 76.2 Å². The number of benzene rings is 3. The van der Waals surface area contributed by atoms with Crippen LogP contribution in [0.15, 0.2) is 153 Å². The largest absolute Gasteiger partial charge is 0.573 e. The first-order chi connectivity index (χ1) is 42.8. The first kappa shape index (κ1) is 74.1. The predicted octanol–water partition coefficient (Wildman–Crippen LogP) is 11.4. The Hall–Kier alpha value is -8.96. The number of aryl methyl sites for hydroxylation is 5. The van der Waals surface area contributed by atoms with Crippen molar-refractivity contribution < 1.29 is 86.3 Å². The lowest BCUT2D eigenvalue weighted by Gasteiger charge is -2.32. The van der Waals surface area contributed by atoms with Crippen molar-refractivity contribution in [1.82, 2.24) is 48.6 Å². The molecule has 0 atom stereocenters. The summed E-state index contributed by atoms with van der Waals surface area (Å²) in [6.45, 7) is 13.1. The minimum Gasteiger partial charge on any atom is -0.435 e. The van der Waals surface area contributed by atoms with E-state index in [-0.39, 0.29) is 72.4 Å². The molecule has 1 aliphatic heterocycles. The molecule has 3 N–H and O–H groups in total. The fraction of sp³-hybridized carbons (Fsp3) is 0.276. The zero-order valence-electron chi connectivity index (χ0n) is 49.2. The van der Waals surface area contributed by atoms with Gasteiger partial charge in [0.1, 0.15) is 33.8 Å². The topological polar surface area (TPSA) is 277 Å². The predicted molar refractivity (Wildman–Crippen MR) is 334 cm³/mol. The summed E-state index contributed by atoms with van der Waals surface area (Å²) in [4.78, 5) is 51.3. The van der Waals surface area contributed by atoms with Crippen LogP contribution >= 0.6 is 31.9 Å². The van der Waals surface area contributed by atoms with Gasteiger partial charge >= 0.3 is 33.3 Å². The van der Waals surface area contributed by atoms with Crippen LogP contribution in [-0.2, 0) is 23.4 Å². The highest BCUT2D eigenvalue weighted by molar-refractivity contribution is 9.11.